The maximum atomic E-state index is 14.3. The molecule has 1 aliphatic carbocycles. The van der Waals surface area contributed by atoms with Gasteiger partial charge in [0.2, 0.25) is 0 Å². The molecular weight excluding hydrogens is 249 g/mol. The first-order chi connectivity index (χ1) is 9.61. The van der Waals surface area contributed by atoms with Crippen molar-refractivity contribution in [2.75, 3.05) is 0 Å². The SMILES string of the molecule is Cc1ccc(F)c(C2(N)CCCCc3ccccc32)c1. The van der Waals surface area contributed by atoms with Crippen LogP contribution in [0.3, 0.4) is 0 Å². The largest absolute Gasteiger partial charge is 0.318 e. The maximum absolute atomic E-state index is 14.3. The molecule has 0 radical (unpaired) electrons. The molecule has 2 heteroatoms. The third-order valence-corrected chi connectivity index (χ3v) is 4.37. The predicted molar refractivity (Wildman–Crippen MR) is 80.1 cm³/mol. The Labute approximate surface area is 119 Å². The molecule has 1 atom stereocenters. The minimum Gasteiger partial charge on any atom is -0.318 e. The molecule has 1 nitrogen and oxygen atoms in total. The van der Waals surface area contributed by atoms with Gasteiger partial charge >= 0.3 is 0 Å². The fourth-order valence-corrected chi connectivity index (χ4v) is 3.29. The molecule has 20 heavy (non-hydrogen) atoms. The molecule has 2 aromatic rings. The van der Waals surface area contributed by atoms with Crippen LogP contribution in [0, 0.1) is 12.7 Å². The first-order valence-corrected chi connectivity index (χ1v) is 7.25. The lowest BCUT2D eigenvalue weighted by atomic mass is 9.79. The predicted octanol–water partition coefficient (Wildman–Crippen LogP) is 4.06. The van der Waals surface area contributed by atoms with Crippen molar-refractivity contribution < 1.29 is 4.39 Å². The van der Waals surface area contributed by atoms with E-state index in [1.807, 2.05) is 25.1 Å². The fraction of sp³-hybridized carbons (Fsp3) is 0.333. The van der Waals surface area contributed by atoms with Crippen molar-refractivity contribution in [3.63, 3.8) is 0 Å². The van der Waals surface area contributed by atoms with Gasteiger partial charge in [-0.15, -0.1) is 0 Å². The van der Waals surface area contributed by atoms with Gasteiger partial charge in [-0.25, -0.2) is 4.39 Å². The van der Waals surface area contributed by atoms with E-state index in [-0.39, 0.29) is 5.82 Å². The highest BCUT2D eigenvalue weighted by atomic mass is 19.1. The summed E-state index contributed by atoms with van der Waals surface area (Å²) >= 11 is 0. The van der Waals surface area contributed by atoms with Crippen molar-refractivity contribution in [1.29, 1.82) is 0 Å². The van der Waals surface area contributed by atoms with Gasteiger partial charge in [0.25, 0.3) is 0 Å². The van der Waals surface area contributed by atoms with Gasteiger partial charge in [-0.1, -0.05) is 48.4 Å². The number of halogens is 1. The third kappa shape index (κ3) is 2.14. The lowest BCUT2D eigenvalue weighted by molar-refractivity contribution is 0.451. The van der Waals surface area contributed by atoms with E-state index >= 15 is 0 Å². The standard InChI is InChI=1S/C18H20FN/c1-13-9-10-17(19)16(12-13)18(20)11-5-4-7-14-6-2-3-8-15(14)18/h2-3,6,8-10,12H,4-5,7,11,20H2,1H3. The Morgan fingerprint density at radius 2 is 1.85 bits per heavy atom. The summed E-state index contributed by atoms with van der Waals surface area (Å²) in [5.74, 6) is -0.199. The summed E-state index contributed by atoms with van der Waals surface area (Å²) in [6, 6.07) is 13.4. The van der Waals surface area contributed by atoms with E-state index in [2.05, 4.69) is 12.1 Å². The number of fused-ring (bicyclic) bond motifs is 1. The Bertz CT molecular complexity index is 635. The minimum atomic E-state index is -0.705. The van der Waals surface area contributed by atoms with Gasteiger partial charge < -0.3 is 5.73 Å². The fourth-order valence-electron chi connectivity index (χ4n) is 3.29. The zero-order chi connectivity index (χ0) is 14.2. The molecule has 0 amide bonds. The number of hydrogen-bond donors (Lipinski definition) is 1. The van der Waals surface area contributed by atoms with Gasteiger partial charge in [0.1, 0.15) is 5.82 Å². The molecule has 0 saturated heterocycles. The van der Waals surface area contributed by atoms with Crippen molar-refractivity contribution in [1.82, 2.24) is 0 Å². The second kappa shape index (κ2) is 5.02. The molecule has 0 bridgehead atoms. The van der Waals surface area contributed by atoms with Crippen LogP contribution in [0.1, 0.15) is 41.5 Å². The van der Waals surface area contributed by atoms with Crippen molar-refractivity contribution in [3.8, 4) is 0 Å². The highest BCUT2D eigenvalue weighted by molar-refractivity contribution is 5.45. The Morgan fingerprint density at radius 1 is 1.05 bits per heavy atom. The second-order valence-electron chi connectivity index (χ2n) is 5.82. The van der Waals surface area contributed by atoms with E-state index in [4.69, 9.17) is 5.73 Å². The Hall–Kier alpha value is -1.67. The Balaban J connectivity index is 2.22. The molecule has 3 rings (SSSR count). The van der Waals surface area contributed by atoms with Crippen LogP contribution < -0.4 is 5.73 Å². The average molecular weight is 269 g/mol. The van der Waals surface area contributed by atoms with Crippen LogP contribution in [0.5, 0.6) is 0 Å². The van der Waals surface area contributed by atoms with E-state index in [9.17, 15) is 4.39 Å². The lowest BCUT2D eigenvalue weighted by Gasteiger charge is -2.31. The first-order valence-electron chi connectivity index (χ1n) is 7.25. The summed E-state index contributed by atoms with van der Waals surface area (Å²) in [4.78, 5) is 0. The summed E-state index contributed by atoms with van der Waals surface area (Å²) in [5.41, 5.74) is 10.0. The van der Waals surface area contributed by atoms with Gasteiger partial charge in [-0.3, -0.25) is 0 Å². The normalized spacial score (nSPS) is 22.1. The van der Waals surface area contributed by atoms with Crippen LogP contribution in [0.25, 0.3) is 0 Å². The summed E-state index contributed by atoms with van der Waals surface area (Å²) in [6.07, 6.45) is 3.97. The number of aryl methyl sites for hydroxylation is 2. The molecule has 0 spiro atoms. The Kier molecular flexibility index (Phi) is 3.35. The first kappa shape index (κ1) is 13.3. The summed E-state index contributed by atoms with van der Waals surface area (Å²) < 4.78 is 14.3. The van der Waals surface area contributed by atoms with E-state index in [0.717, 1.165) is 36.8 Å². The molecule has 0 fully saturated rings. The van der Waals surface area contributed by atoms with Crippen molar-refractivity contribution in [3.05, 3.63) is 70.5 Å². The molecule has 0 heterocycles. The van der Waals surface area contributed by atoms with E-state index < -0.39 is 5.54 Å². The van der Waals surface area contributed by atoms with E-state index in [1.54, 1.807) is 6.07 Å². The van der Waals surface area contributed by atoms with Crippen LogP contribution in [0.4, 0.5) is 4.39 Å². The zero-order valence-electron chi connectivity index (χ0n) is 11.8. The number of hydrogen-bond acceptors (Lipinski definition) is 1. The summed E-state index contributed by atoms with van der Waals surface area (Å²) in [6.45, 7) is 1.98. The molecular formula is C18H20FN. The quantitative estimate of drug-likeness (QED) is 0.776. The number of rotatable bonds is 1. The van der Waals surface area contributed by atoms with Gasteiger partial charge in [0, 0.05) is 5.56 Å². The van der Waals surface area contributed by atoms with Crippen LogP contribution >= 0.6 is 0 Å². The highest BCUT2D eigenvalue weighted by Crippen LogP contribution is 2.38. The van der Waals surface area contributed by atoms with Gasteiger partial charge in [-0.2, -0.15) is 0 Å². The van der Waals surface area contributed by atoms with Crippen molar-refractivity contribution >= 4 is 0 Å². The number of nitrogens with two attached hydrogens (primary N) is 1. The van der Waals surface area contributed by atoms with E-state index in [1.165, 1.54) is 11.6 Å². The third-order valence-electron chi connectivity index (χ3n) is 4.37. The second-order valence-corrected chi connectivity index (χ2v) is 5.82. The highest BCUT2D eigenvalue weighted by Gasteiger charge is 2.35. The minimum absolute atomic E-state index is 0.199. The molecule has 104 valence electrons. The molecule has 1 unspecified atom stereocenters. The molecule has 2 aromatic carbocycles. The Morgan fingerprint density at radius 3 is 2.70 bits per heavy atom. The average Bonchev–Trinajstić information content (AvgIpc) is 2.62. The molecule has 0 aromatic heterocycles. The monoisotopic (exact) mass is 269 g/mol. The summed E-state index contributed by atoms with van der Waals surface area (Å²) in [7, 11) is 0. The maximum Gasteiger partial charge on any atom is 0.128 e. The van der Waals surface area contributed by atoms with Crippen molar-refractivity contribution in [2.45, 2.75) is 38.1 Å². The topological polar surface area (TPSA) is 26.0 Å². The molecule has 0 saturated carbocycles. The van der Waals surface area contributed by atoms with Gasteiger partial charge in [0.05, 0.1) is 5.54 Å². The van der Waals surface area contributed by atoms with Crippen LogP contribution in [0.15, 0.2) is 42.5 Å². The van der Waals surface area contributed by atoms with E-state index in [0.29, 0.717) is 5.56 Å². The lowest BCUT2D eigenvalue weighted by Crippen LogP contribution is -2.39. The van der Waals surface area contributed by atoms with Crippen LogP contribution in [-0.4, -0.2) is 0 Å². The zero-order valence-corrected chi connectivity index (χ0v) is 11.8. The van der Waals surface area contributed by atoms with Crippen LogP contribution in [0.2, 0.25) is 0 Å². The molecule has 0 aliphatic heterocycles. The van der Waals surface area contributed by atoms with Crippen LogP contribution in [-0.2, 0) is 12.0 Å². The van der Waals surface area contributed by atoms with Gasteiger partial charge in [-0.05, 0) is 43.4 Å². The molecule has 2 N–H and O–H groups in total. The molecule has 1 aliphatic rings. The van der Waals surface area contributed by atoms with Crippen molar-refractivity contribution in [2.24, 2.45) is 5.73 Å². The summed E-state index contributed by atoms with van der Waals surface area (Å²) in [5, 5.41) is 0. The number of benzene rings is 2. The smallest absolute Gasteiger partial charge is 0.128 e. The van der Waals surface area contributed by atoms with Gasteiger partial charge in [0.15, 0.2) is 0 Å².